The van der Waals surface area contributed by atoms with Crippen molar-refractivity contribution in [2.75, 3.05) is 82.4 Å². The Morgan fingerprint density at radius 3 is 0.968 bits per heavy atom. The van der Waals surface area contributed by atoms with Gasteiger partial charge in [0.15, 0.2) is 0 Å². The predicted molar refractivity (Wildman–Crippen MR) is 350 cm³/mol. The lowest BCUT2D eigenvalue weighted by molar-refractivity contribution is -0.139. The molecule has 0 radical (unpaired) electrons. The zero-order valence-electron chi connectivity index (χ0n) is 53.1. The molecule has 0 aliphatic carbocycles. The zero-order chi connectivity index (χ0) is 68.4. The molecule has 0 unspecified atom stereocenters. The van der Waals surface area contributed by atoms with Crippen LogP contribution in [0.1, 0.15) is 138 Å². The first-order valence-corrected chi connectivity index (χ1v) is 30.7. The van der Waals surface area contributed by atoms with Gasteiger partial charge in [0.25, 0.3) is 23.6 Å². The summed E-state index contributed by atoms with van der Waals surface area (Å²) >= 11 is 0. The van der Waals surface area contributed by atoms with Crippen LogP contribution >= 0.6 is 0 Å². The Morgan fingerprint density at radius 1 is 0.387 bits per heavy atom. The molecule has 0 aromatic heterocycles. The van der Waals surface area contributed by atoms with E-state index in [-0.39, 0.29) is 113 Å². The minimum absolute atomic E-state index is 0.0179. The van der Waals surface area contributed by atoms with E-state index in [0.29, 0.717) is 83.8 Å². The fraction of sp³-hybridized carbons (Fsp3) is 0.460. The number of methoxy groups -OCH3 is 4. The molecule has 0 fully saturated rings. The summed E-state index contributed by atoms with van der Waals surface area (Å²) in [5, 5.41) is 33.9. The summed E-state index contributed by atoms with van der Waals surface area (Å²) in [6, 6.07) is 10.6. The van der Waals surface area contributed by atoms with Gasteiger partial charge in [0.2, 0.25) is 23.6 Å². The summed E-state index contributed by atoms with van der Waals surface area (Å²) in [6.45, 7) is 1.52. The van der Waals surface area contributed by atoms with Gasteiger partial charge in [-0.2, -0.15) is 0 Å². The lowest BCUT2D eigenvalue weighted by atomic mass is 10.0. The molecule has 0 spiro atoms. The third-order valence-electron chi connectivity index (χ3n) is 14.7. The van der Waals surface area contributed by atoms with Crippen LogP contribution in [0.3, 0.4) is 0 Å². The quantitative estimate of drug-likeness (QED) is 0.0284. The molecule has 4 rings (SSSR count). The largest absolute Gasteiger partial charge is 0.496 e. The number of urea groups is 1. The number of primary amides is 1. The first-order chi connectivity index (χ1) is 44.6. The van der Waals surface area contributed by atoms with Crippen LogP contribution in [-0.4, -0.2) is 156 Å². The summed E-state index contributed by atoms with van der Waals surface area (Å²) in [4.78, 5) is 135. The van der Waals surface area contributed by atoms with E-state index in [9.17, 15) is 53.1 Å². The van der Waals surface area contributed by atoms with Crippen LogP contribution in [0.15, 0.2) is 72.8 Å². The second-order valence-corrected chi connectivity index (χ2v) is 21.6. The van der Waals surface area contributed by atoms with E-state index in [1.807, 2.05) is 0 Å². The van der Waals surface area contributed by atoms with E-state index in [2.05, 4.69) is 47.9 Å². The Balaban J connectivity index is 1.56. The Bertz CT molecular complexity index is 3190. The summed E-state index contributed by atoms with van der Waals surface area (Å²) in [5.41, 5.74) is 34.5. The van der Waals surface area contributed by atoms with Crippen LogP contribution in [0.5, 0.6) is 23.0 Å². The van der Waals surface area contributed by atoms with Gasteiger partial charge >= 0.3 is 12.0 Å². The van der Waals surface area contributed by atoms with E-state index in [1.165, 1.54) is 95.2 Å². The SMILES string of the molecule is COc1ccc(NC(=O)[C@H](CCCCCN)NC(=O)c2cc(NC(=O)[C@H](CCCCN)NC(=O)c3cc(NC(=O)[C@H](CCCCN)NC(=O)c4cc(NC(=O)[C@@H](N)CCCCN)ccc4OC)ccc3OC)ccc2OC)cc1C(=O)N[C@@H](CCCNC(N)=O)C(=O)O. The highest BCUT2D eigenvalue weighted by Gasteiger charge is 2.30. The number of carbonyl (C=O) groups is 10. The highest BCUT2D eigenvalue weighted by Crippen LogP contribution is 2.29. The van der Waals surface area contributed by atoms with Gasteiger partial charge in [-0.1, -0.05) is 19.3 Å². The molecule has 30 nitrogen and oxygen atoms in total. The maximum Gasteiger partial charge on any atom is 0.326 e. The topological polar surface area (TPSA) is 492 Å². The lowest BCUT2D eigenvalue weighted by Crippen LogP contribution is -2.44. The number of nitrogens with two attached hydrogens (primary N) is 6. The molecule has 5 atom stereocenters. The predicted octanol–water partition coefficient (Wildman–Crippen LogP) is 2.74. The first-order valence-electron chi connectivity index (χ1n) is 30.7. The fourth-order valence-electron chi connectivity index (χ4n) is 9.60. The van der Waals surface area contributed by atoms with Crippen molar-refractivity contribution in [2.24, 2.45) is 34.4 Å². The van der Waals surface area contributed by atoms with Gasteiger partial charge in [-0.25, -0.2) is 9.59 Å². The monoisotopic (exact) mass is 1300 g/mol. The number of hydrogen-bond acceptors (Lipinski definition) is 19. The molecule has 10 amide bonds. The van der Waals surface area contributed by atoms with Crippen molar-refractivity contribution in [1.82, 2.24) is 26.6 Å². The van der Waals surface area contributed by atoms with Crippen LogP contribution in [0.2, 0.25) is 0 Å². The van der Waals surface area contributed by atoms with Crippen LogP contribution in [0.4, 0.5) is 27.5 Å². The molecule has 93 heavy (non-hydrogen) atoms. The average molecular weight is 1300 g/mol. The smallest absolute Gasteiger partial charge is 0.326 e. The number of rotatable bonds is 42. The Hall–Kier alpha value is -9.62. The van der Waals surface area contributed by atoms with Crippen molar-refractivity contribution < 1.29 is 72.0 Å². The molecule has 0 bridgehead atoms. The standard InChI is InChI=1S/C63H91N15O15/c1-90-50-24-20-37(71-58(83)45(68)15-7-11-29-65)33-41(50)54(79)76-47(17-8-12-30-66)60(85)74-39-22-26-52(92-3)43(35-39)56(81)77-48(18-9-13-31-67)61(86)73-38-21-25-51(91-2)42(34-38)55(80)75-46(16-6-5-10-28-64)59(84)72-40-23-27-53(93-4)44(36-40)57(82)78-49(62(87)88)19-14-32-70-63(69)89/h20-27,33-36,45-49H,5-19,28-32,64-68H2,1-4H3,(H,71,83)(H,72,84)(H,73,86)(H,74,85)(H,75,80)(H,76,79)(H,77,81)(H,78,82)(H,87,88)(H3,69,70,89)/t45-,46-,47-,48-,49-/m0/s1. The van der Waals surface area contributed by atoms with E-state index in [0.717, 1.165) is 0 Å². The van der Waals surface area contributed by atoms with Crippen LogP contribution in [-0.2, 0) is 24.0 Å². The zero-order valence-corrected chi connectivity index (χ0v) is 53.1. The van der Waals surface area contributed by atoms with Gasteiger partial charge in [-0.15, -0.1) is 0 Å². The number of benzene rings is 4. The van der Waals surface area contributed by atoms with Crippen LogP contribution < -0.4 is 101 Å². The first kappa shape index (κ1) is 75.8. The molecule has 508 valence electrons. The molecular weight excluding hydrogens is 1210 g/mol. The van der Waals surface area contributed by atoms with Gasteiger partial charge in [0, 0.05) is 29.3 Å². The van der Waals surface area contributed by atoms with Gasteiger partial charge in [0.05, 0.1) is 56.7 Å². The molecule has 0 saturated heterocycles. The lowest BCUT2D eigenvalue weighted by Gasteiger charge is -2.22. The molecule has 22 N–H and O–H groups in total. The van der Waals surface area contributed by atoms with Gasteiger partial charge < -0.3 is 106 Å². The second kappa shape index (κ2) is 40.3. The van der Waals surface area contributed by atoms with Crippen molar-refractivity contribution in [3.05, 3.63) is 95.1 Å². The van der Waals surface area contributed by atoms with Crippen LogP contribution in [0.25, 0.3) is 0 Å². The molecule has 0 aliphatic heterocycles. The number of amides is 10. The normalized spacial score (nSPS) is 12.4. The number of carbonyl (C=O) groups excluding carboxylic acids is 9. The second-order valence-electron chi connectivity index (χ2n) is 21.6. The van der Waals surface area contributed by atoms with Crippen molar-refractivity contribution in [3.63, 3.8) is 0 Å². The van der Waals surface area contributed by atoms with Gasteiger partial charge in [-0.3, -0.25) is 38.4 Å². The average Bonchev–Trinajstić information content (AvgIpc) is 1.12. The number of carboxylic acid groups (broad SMARTS) is 1. The number of carboxylic acids is 1. The summed E-state index contributed by atoms with van der Waals surface area (Å²) in [6.07, 6.45) is 5.82. The summed E-state index contributed by atoms with van der Waals surface area (Å²) < 4.78 is 21.9. The van der Waals surface area contributed by atoms with E-state index in [1.54, 1.807) is 6.07 Å². The van der Waals surface area contributed by atoms with Crippen LogP contribution in [0, 0.1) is 0 Å². The Labute approximate surface area is 540 Å². The Kier molecular flexibility index (Phi) is 32.8. The highest BCUT2D eigenvalue weighted by atomic mass is 16.5. The third-order valence-corrected chi connectivity index (χ3v) is 14.7. The highest BCUT2D eigenvalue weighted by molar-refractivity contribution is 6.08. The van der Waals surface area contributed by atoms with Gasteiger partial charge in [-0.05, 0) is 176 Å². The maximum atomic E-state index is 14.3. The maximum absolute atomic E-state index is 14.3. The number of unbranched alkanes of at least 4 members (excludes halogenated alkanes) is 5. The van der Waals surface area contributed by atoms with E-state index >= 15 is 0 Å². The van der Waals surface area contributed by atoms with Crippen molar-refractivity contribution in [1.29, 1.82) is 0 Å². The number of hydrogen-bond donors (Lipinski definition) is 16. The van der Waals surface area contributed by atoms with Gasteiger partial charge in [0.1, 0.15) is 47.2 Å². The van der Waals surface area contributed by atoms with Crippen molar-refractivity contribution in [3.8, 4) is 23.0 Å². The summed E-state index contributed by atoms with van der Waals surface area (Å²) in [5.74, 6) is -6.52. The number of ether oxygens (including phenoxy) is 4. The molecule has 0 saturated carbocycles. The Morgan fingerprint density at radius 2 is 0.667 bits per heavy atom. The molecule has 0 aliphatic rings. The summed E-state index contributed by atoms with van der Waals surface area (Å²) in [7, 11) is 5.32. The molecule has 30 heteroatoms. The van der Waals surface area contributed by atoms with Crippen molar-refractivity contribution >= 4 is 82.0 Å². The molecule has 4 aromatic carbocycles. The van der Waals surface area contributed by atoms with E-state index in [4.69, 9.17) is 53.3 Å². The minimum Gasteiger partial charge on any atom is -0.496 e. The fourth-order valence-corrected chi connectivity index (χ4v) is 9.60. The minimum atomic E-state index is -1.36. The molecule has 4 aromatic rings. The number of anilines is 4. The number of nitrogens with one attached hydrogen (secondary N) is 9. The third kappa shape index (κ3) is 24.8. The number of aliphatic carboxylic acids is 1. The van der Waals surface area contributed by atoms with Crippen molar-refractivity contribution in [2.45, 2.75) is 127 Å². The van der Waals surface area contributed by atoms with E-state index < -0.39 is 89.5 Å². The molecule has 0 heterocycles. The molecular formula is C63H91N15O15.